The number of aliphatic carboxylic acids is 1. The summed E-state index contributed by atoms with van der Waals surface area (Å²) in [5.41, 5.74) is 0. The van der Waals surface area contributed by atoms with Crippen molar-refractivity contribution in [2.45, 2.75) is 38.8 Å². The fourth-order valence-corrected chi connectivity index (χ4v) is 2.53. The van der Waals surface area contributed by atoms with Gasteiger partial charge in [-0.25, -0.2) is 0 Å². The van der Waals surface area contributed by atoms with Gasteiger partial charge < -0.3 is 10.0 Å². The van der Waals surface area contributed by atoms with Crippen molar-refractivity contribution < 1.29 is 9.90 Å². The maximum absolute atomic E-state index is 10.5. The van der Waals surface area contributed by atoms with Crippen LogP contribution in [0.15, 0.2) is 0 Å². The van der Waals surface area contributed by atoms with Gasteiger partial charge in [0.15, 0.2) is 0 Å². The van der Waals surface area contributed by atoms with Crippen LogP contribution in [0.4, 0.5) is 0 Å². The zero-order chi connectivity index (χ0) is 12.3. The van der Waals surface area contributed by atoms with Gasteiger partial charge in [0.2, 0.25) is 0 Å². The molecule has 4 nitrogen and oxygen atoms in total. The molecule has 0 aromatic heterocycles. The molecule has 1 saturated heterocycles. The van der Waals surface area contributed by atoms with E-state index in [9.17, 15) is 4.79 Å². The molecule has 0 bridgehead atoms. The van der Waals surface area contributed by atoms with Crippen molar-refractivity contribution in [3.63, 3.8) is 0 Å². The van der Waals surface area contributed by atoms with Crippen molar-refractivity contribution in [2.24, 2.45) is 5.92 Å². The SMILES string of the molecule is CC1CN(C(C)CCC(=O)O)CC1N(C)C. The third-order valence-electron chi connectivity index (χ3n) is 3.66. The highest BCUT2D eigenvalue weighted by molar-refractivity contribution is 5.66. The van der Waals surface area contributed by atoms with Crippen molar-refractivity contribution in [1.29, 1.82) is 0 Å². The zero-order valence-electron chi connectivity index (χ0n) is 10.8. The molecular weight excluding hydrogens is 204 g/mol. The van der Waals surface area contributed by atoms with Gasteiger partial charge in [-0.15, -0.1) is 0 Å². The third kappa shape index (κ3) is 3.46. The maximum atomic E-state index is 10.5. The standard InChI is InChI=1S/C12H24N2O2/c1-9-7-14(8-11(9)13(3)4)10(2)5-6-12(15)16/h9-11H,5-8H2,1-4H3,(H,15,16). The molecule has 0 aliphatic carbocycles. The lowest BCUT2D eigenvalue weighted by Crippen LogP contribution is -2.36. The van der Waals surface area contributed by atoms with E-state index < -0.39 is 5.97 Å². The maximum Gasteiger partial charge on any atom is 0.303 e. The van der Waals surface area contributed by atoms with E-state index in [-0.39, 0.29) is 6.42 Å². The van der Waals surface area contributed by atoms with Crippen molar-refractivity contribution in [3.05, 3.63) is 0 Å². The topological polar surface area (TPSA) is 43.8 Å². The molecule has 0 spiro atoms. The highest BCUT2D eigenvalue weighted by Gasteiger charge is 2.33. The summed E-state index contributed by atoms with van der Waals surface area (Å²) in [6, 6.07) is 0.982. The number of likely N-dealkylation sites (tertiary alicyclic amines) is 1. The van der Waals surface area contributed by atoms with Gasteiger partial charge in [0.05, 0.1) is 0 Å². The molecule has 1 fully saturated rings. The van der Waals surface area contributed by atoms with Gasteiger partial charge in [-0.2, -0.15) is 0 Å². The van der Waals surface area contributed by atoms with Crippen LogP contribution in [0.5, 0.6) is 0 Å². The summed E-state index contributed by atoms with van der Waals surface area (Å²) in [6.45, 7) is 6.56. The van der Waals surface area contributed by atoms with Crippen LogP contribution in [0.3, 0.4) is 0 Å². The number of nitrogens with zero attached hydrogens (tertiary/aromatic N) is 2. The van der Waals surface area contributed by atoms with Crippen molar-refractivity contribution >= 4 is 5.97 Å². The Morgan fingerprint density at radius 3 is 2.56 bits per heavy atom. The molecule has 0 aromatic rings. The van der Waals surface area contributed by atoms with E-state index in [0.717, 1.165) is 19.5 Å². The second kappa shape index (κ2) is 5.64. The van der Waals surface area contributed by atoms with Crippen LogP contribution in [-0.4, -0.2) is 60.1 Å². The Balaban J connectivity index is 2.42. The molecule has 0 aromatic carbocycles. The lowest BCUT2D eigenvalue weighted by molar-refractivity contribution is -0.137. The molecule has 4 heteroatoms. The number of hydrogen-bond donors (Lipinski definition) is 1. The van der Waals surface area contributed by atoms with Gasteiger partial charge in [0.1, 0.15) is 0 Å². The molecule has 0 saturated carbocycles. The molecule has 1 aliphatic heterocycles. The van der Waals surface area contributed by atoms with Crippen LogP contribution < -0.4 is 0 Å². The summed E-state index contributed by atoms with van der Waals surface area (Å²) in [4.78, 5) is 15.2. The van der Waals surface area contributed by atoms with Crippen LogP contribution in [0, 0.1) is 5.92 Å². The largest absolute Gasteiger partial charge is 0.481 e. The van der Waals surface area contributed by atoms with Crippen LogP contribution in [0.1, 0.15) is 26.7 Å². The van der Waals surface area contributed by atoms with E-state index >= 15 is 0 Å². The molecule has 16 heavy (non-hydrogen) atoms. The number of carbonyl (C=O) groups is 1. The Labute approximate surface area is 98.2 Å². The number of hydrogen-bond acceptors (Lipinski definition) is 3. The monoisotopic (exact) mass is 228 g/mol. The molecule has 94 valence electrons. The minimum Gasteiger partial charge on any atom is -0.481 e. The summed E-state index contributed by atoms with van der Waals surface area (Å²) >= 11 is 0. The first-order chi connectivity index (χ1) is 7.41. The molecule has 0 amide bonds. The quantitative estimate of drug-likeness (QED) is 0.766. The summed E-state index contributed by atoms with van der Waals surface area (Å²) in [5.74, 6) is -0.0227. The number of likely N-dealkylation sites (N-methyl/N-ethyl adjacent to an activating group) is 1. The van der Waals surface area contributed by atoms with Crippen LogP contribution >= 0.6 is 0 Å². The van der Waals surface area contributed by atoms with Gasteiger partial charge in [-0.05, 0) is 33.4 Å². The Hall–Kier alpha value is -0.610. The normalized spacial score (nSPS) is 28.6. The van der Waals surface area contributed by atoms with Gasteiger partial charge in [-0.1, -0.05) is 6.92 Å². The Morgan fingerprint density at radius 1 is 1.50 bits per heavy atom. The summed E-state index contributed by atoms with van der Waals surface area (Å²) < 4.78 is 0. The van der Waals surface area contributed by atoms with E-state index in [1.165, 1.54) is 0 Å². The van der Waals surface area contributed by atoms with E-state index in [4.69, 9.17) is 5.11 Å². The first-order valence-electron chi connectivity index (χ1n) is 6.04. The van der Waals surface area contributed by atoms with Crippen molar-refractivity contribution in [2.75, 3.05) is 27.2 Å². The van der Waals surface area contributed by atoms with Gasteiger partial charge in [-0.3, -0.25) is 9.69 Å². The van der Waals surface area contributed by atoms with Crippen LogP contribution in [0.25, 0.3) is 0 Å². The van der Waals surface area contributed by atoms with E-state index in [1.54, 1.807) is 0 Å². The average molecular weight is 228 g/mol. The molecular formula is C12H24N2O2. The molecule has 3 atom stereocenters. The summed E-state index contributed by atoms with van der Waals surface area (Å²) in [5, 5.41) is 8.67. The smallest absolute Gasteiger partial charge is 0.303 e. The van der Waals surface area contributed by atoms with E-state index in [0.29, 0.717) is 18.0 Å². The van der Waals surface area contributed by atoms with Gasteiger partial charge in [0, 0.05) is 31.6 Å². The molecule has 1 heterocycles. The van der Waals surface area contributed by atoms with Gasteiger partial charge in [0.25, 0.3) is 0 Å². The van der Waals surface area contributed by atoms with E-state index in [1.807, 2.05) is 0 Å². The number of carboxylic acids is 1. The van der Waals surface area contributed by atoms with E-state index in [2.05, 4.69) is 37.7 Å². The minimum atomic E-state index is -0.691. The zero-order valence-corrected chi connectivity index (χ0v) is 10.8. The van der Waals surface area contributed by atoms with Crippen LogP contribution in [-0.2, 0) is 4.79 Å². The highest BCUT2D eigenvalue weighted by Crippen LogP contribution is 2.23. The molecule has 3 unspecified atom stereocenters. The minimum absolute atomic E-state index is 0.276. The summed E-state index contributed by atoms with van der Waals surface area (Å²) in [7, 11) is 4.24. The predicted molar refractivity (Wildman–Crippen MR) is 64.5 cm³/mol. The lowest BCUT2D eigenvalue weighted by Gasteiger charge is -2.25. The van der Waals surface area contributed by atoms with Crippen molar-refractivity contribution in [3.8, 4) is 0 Å². The first-order valence-corrected chi connectivity index (χ1v) is 6.04. The Kier molecular flexibility index (Phi) is 4.74. The fourth-order valence-electron chi connectivity index (χ4n) is 2.53. The Morgan fingerprint density at radius 2 is 2.12 bits per heavy atom. The molecule has 0 radical (unpaired) electrons. The Bertz CT molecular complexity index is 243. The highest BCUT2D eigenvalue weighted by atomic mass is 16.4. The second-order valence-electron chi connectivity index (χ2n) is 5.24. The van der Waals surface area contributed by atoms with Crippen LogP contribution in [0.2, 0.25) is 0 Å². The number of carboxylic acid groups (broad SMARTS) is 1. The fraction of sp³-hybridized carbons (Fsp3) is 0.917. The first kappa shape index (κ1) is 13.5. The lowest BCUT2D eigenvalue weighted by atomic mass is 10.1. The second-order valence-corrected chi connectivity index (χ2v) is 5.24. The third-order valence-corrected chi connectivity index (χ3v) is 3.66. The predicted octanol–water partition coefficient (Wildman–Crippen LogP) is 1.12. The molecule has 1 N–H and O–H groups in total. The number of rotatable bonds is 5. The van der Waals surface area contributed by atoms with Gasteiger partial charge >= 0.3 is 5.97 Å². The summed E-state index contributed by atoms with van der Waals surface area (Å²) in [6.07, 6.45) is 1.03. The van der Waals surface area contributed by atoms with Crippen molar-refractivity contribution in [1.82, 2.24) is 9.80 Å². The molecule has 1 aliphatic rings. The molecule has 1 rings (SSSR count). The average Bonchev–Trinajstić information content (AvgIpc) is 2.56.